The molecule has 1 heterocycles. The third-order valence-corrected chi connectivity index (χ3v) is 2.96. The summed E-state index contributed by atoms with van der Waals surface area (Å²) in [6, 6.07) is -0.0347. The highest BCUT2D eigenvalue weighted by Crippen LogP contribution is 2.10. The summed E-state index contributed by atoms with van der Waals surface area (Å²) in [6.45, 7) is 4.25. The number of nitrogens with one attached hydrogen (secondary N) is 2. The van der Waals surface area contributed by atoms with E-state index in [9.17, 15) is 4.79 Å². The summed E-state index contributed by atoms with van der Waals surface area (Å²) in [5, 5.41) is 14.4. The Hall–Kier alpha value is -1.07. The third kappa shape index (κ3) is 6.61. The maximum Gasteiger partial charge on any atom is 0.315 e. The highest BCUT2D eigenvalue weighted by molar-refractivity contribution is 5.74. The van der Waals surface area contributed by atoms with Crippen molar-refractivity contribution in [3.05, 3.63) is 11.6 Å². The smallest absolute Gasteiger partial charge is 0.315 e. The molecule has 0 aromatic rings. The number of aliphatic hydroxyl groups is 1. The van der Waals surface area contributed by atoms with E-state index in [1.54, 1.807) is 0 Å². The molecule has 1 atom stereocenters. The Morgan fingerprint density at radius 3 is 3.11 bits per heavy atom. The maximum atomic E-state index is 11.5. The van der Waals surface area contributed by atoms with Gasteiger partial charge in [0, 0.05) is 19.2 Å². The van der Waals surface area contributed by atoms with Gasteiger partial charge in [-0.15, -0.1) is 0 Å². The van der Waals surface area contributed by atoms with E-state index in [2.05, 4.69) is 16.7 Å². The molecular formula is C13H24N2O3. The SMILES string of the molecule is CC(CCCO)NC(=O)NCCC1=CCOCC1. The number of aliphatic hydroxyl groups excluding tert-OH is 1. The monoisotopic (exact) mass is 256 g/mol. The lowest BCUT2D eigenvalue weighted by molar-refractivity contribution is 0.153. The Balaban J connectivity index is 2.07. The van der Waals surface area contributed by atoms with Gasteiger partial charge in [0.1, 0.15) is 0 Å². The first-order valence-corrected chi connectivity index (χ1v) is 6.63. The van der Waals surface area contributed by atoms with Crippen molar-refractivity contribution in [2.75, 3.05) is 26.4 Å². The minimum atomic E-state index is -0.131. The van der Waals surface area contributed by atoms with Gasteiger partial charge in [0.25, 0.3) is 0 Å². The van der Waals surface area contributed by atoms with Crippen molar-refractivity contribution in [2.24, 2.45) is 0 Å². The summed E-state index contributed by atoms with van der Waals surface area (Å²) >= 11 is 0. The molecule has 0 bridgehead atoms. The van der Waals surface area contributed by atoms with Crippen molar-refractivity contribution < 1.29 is 14.6 Å². The molecule has 0 saturated carbocycles. The molecule has 0 spiro atoms. The fourth-order valence-corrected chi connectivity index (χ4v) is 1.87. The van der Waals surface area contributed by atoms with Gasteiger partial charge in [0.05, 0.1) is 13.2 Å². The summed E-state index contributed by atoms with van der Waals surface area (Å²) in [4.78, 5) is 11.5. The molecule has 0 saturated heterocycles. The second kappa shape index (κ2) is 8.94. The molecule has 3 N–H and O–H groups in total. The summed E-state index contributed by atoms with van der Waals surface area (Å²) in [5.74, 6) is 0. The molecule has 1 unspecified atom stereocenters. The van der Waals surface area contributed by atoms with Crippen molar-refractivity contribution >= 4 is 6.03 Å². The Bertz CT molecular complexity index is 279. The van der Waals surface area contributed by atoms with E-state index in [1.807, 2.05) is 6.92 Å². The summed E-state index contributed by atoms with van der Waals surface area (Å²) in [7, 11) is 0. The molecular weight excluding hydrogens is 232 g/mol. The van der Waals surface area contributed by atoms with Gasteiger partial charge >= 0.3 is 6.03 Å². The highest BCUT2D eigenvalue weighted by atomic mass is 16.5. The number of hydrogen-bond acceptors (Lipinski definition) is 3. The van der Waals surface area contributed by atoms with Gasteiger partial charge in [0.2, 0.25) is 0 Å². The van der Waals surface area contributed by atoms with Crippen LogP contribution in [-0.4, -0.2) is 43.5 Å². The summed E-state index contributed by atoms with van der Waals surface area (Å²) < 4.78 is 5.22. The average Bonchev–Trinajstić information content (AvgIpc) is 2.37. The van der Waals surface area contributed by atoms with Crippen molar-refractivity contribution in [3.63, 3.8) is 0 Å². The van der Waals surface area contributed by atoms with E-state index in [-0.39, 0.29) is 18.7 Å². The fourth-order valence-electron chi connectivity index (χ4n) is 1.87. The van der Waals surface area contributed by atoms with Crippen LogP contribution in [0.5, 0.6) is 0 Å². The molecule has 18 heavy (non-hydrogen) atoms. The fraction of sp³-hybridized carbons (Fsp3) is 0.769. The Kier molecular flexibility index (Phi) is 7.44. The minimum Gasteiger partial charge on any atom is -0.396 e. The molecule has 5 heteroatoms. The van der Waals surface area contributed by atoms with Crippen LogP contribution in [0, 0.1) is 0 Å². The lowest BCUT2D eigenvalue weighted by Crippen LogP contribution is -2.41. The number of rotatable bonds is 7. The first-order chi connectivity index (χ1) is 8.72. The molecule has 0 radical (unpaired) electrons. The summed E-state index contributed by atoms with van der Waals surface area (Å²) in [5.41, 5.74) is 1.36. The number of carbonyl (C=O) groups excluding carboxylic acids is 1. The lowest BCUT2D eigenvalue weighted by Gasteiger charge is -2.16. The molecule has 104 valence electrons. The number of carbonyl (C=O) groups is 1. The van der Waals surface area contributed by atoms with E-state index in [4.69, 9.17) is 9.84 Å². The van der Waals surface area contributed by atoms with E-state index in [1.165, 1.54) is 5.57 Å². The van der Waals surface area contributed by atoms with Crippen LogP contribution in [0.1, 0.15) is 32.6 Å². The normalized spacial score (nSPS) is 16.9. The van der Waals surface area contributed by atoms with E-state index < -0.39 is 0 Å². The maximum absolute atomic E-state index is 11.5. The number of amides is 2. The molecule has 0 aliphatic carbocycles. The van der Waals surface area contributed by atoms with Crippen LogP contribution in [0.15, 0.2) is 11.6 Å². The van der Waals surface area contributed by atoms with Gasteiger partial charge in [-0.3, -0.25) is 0 Å². The molecule has 0 aromatic carbocycles. The van der Waals surface area contributed by atoms with Gasteiger partial charge in [-0.2, -0.15) is 0 Å². The Labute approximate surface area is 109 Å². The predicted octanol–water partition coefficient (Wildman–Crippen LogP) is 1.18. The molecule has 0 aromatic heterocycles. The highest BCUT2D eigenvalue weighted by Gasteiger charge is 2.07. The Morgan fingerprint density at radius 1 is 1.61 bits per heavy atom. The van der Waals surface area contributed by atoms with Gasteiger partial charge < -0.3 is 20.5 Å². The number of urea groups is 1. The van der Waals surface area contributed by atoms with Gasteiger partial charge in [-0.25, -0.2) is 4.79 Å². The second-order valence-electron chi connectivity index (χ2n) is 4.60. The largest absolute Gasteiger partial charge is 0.396 e. The van der Waals surface area contributed by atoms with E-state index in [0.717, 1.165) is 25.9 Å². The van der Waals surface area contributed by atoms with Gasteiger partial charge in [-0.1, -0.05) is 11.6 Å². The molecule has 1 aliphatic heterocycles. The molecule has 1 aliphatic rings. The molecule has 2 amide bonds. The number of hydrogen-bond donors (Lipinski definition) is 3. The summed E-state index contributed by atoms with van der Waals surface area (Å²) in [6.07, 6.45) is 5.46. The second-order valence-corrected chi connectivity index (χ2v) is 4.60. The first-order valence-electron chi connectivity index (χ1n) is 6.63. The van der Waals surface area contributed by atoms with Crippen LogP contribution in [-0.2, 0) is 4.74 Å². The van der Waals surface area contributed by atoms with Crippen molar-refractivity contribution in [1.82, 2.24) is 10.6 Å². The van der Waals surface area contributed by atoms with Gasteiger partial charge in [-0.05, 0) is 32.6 Å². The standard InChI is InChI=1S/C13H24N2O3/c1-11(3-2-8-16)15-13(17)14-7-4-12-5-9-18-10-6-12/h5,11,16H,2-4,6-10H2,1H3,(H2,14,15,17). The first kappa shape index (κ1) is 15.0. The zero-order chi connectivity index (χ0) is 13.2. The molecule has 5 nitrogen and oxygen atoms in total. The zero-order valence-electron chi connectivity index (χ0n) is 11.1. The van der Waals surface area contributed by atoms with Crippen LogP contribution >= 0.6 is 0 Å². The van der Waals surface area contributed by atoms with Crippen LogP contribution in [0.4, 0.5) is 4.79 Å². The van der Waals surface area contributed by atoms with Crippen molar-refractivity contribution in [3.8, 4) is 0 Å². The van der Waals surface area contributed by atoms with E-state index in [0.29, 0.717) is 19.6 Å². The van der Waals surface area contributed by atoms with Crippen LogP contribution in [0.2, 0.25) is 0 Å². The predicted molar refractivity (Wildman–Crippen MR) is 70.5 cm³/mol. The van der Waals surface area contributed by atoms with Crippen LogP contribution < -0.4 is 10.6 Å². The molecule has 1 rings (SSSR count). The van der Waals surface area contributed by atoms with Crippen molar-refractivity contribution in [2.45, 2.75) is 38.6 Å². The molecule has 0 fully saturated rings. The van der Waals surface area contributed by atoms with Crippen molar-refractivity contribution in [1.29, 1.82) is 0 Å². The number of ether oxygens (including phenoxy) is 1. The Morgan fingerprint density at radius 2 is 2.44 bits per heavy atom. The topological polar surface area (TPSA) is 70.6 Å². The van der Waals surface area contributed by atoms with Crippen LogP contribution in [0.3, 0.4) is 0 Å². The minimum absolute atomic E-state index is 0.0967. The lowest BCUT2D eigenvalue weighted by atomic mass is 10.1. The van der Waals surface area contributed by atoms with Gasteiger partial charge in [0.15, 0.2) is 0 Å². The third-order valence-electron chi connectivity index (χ3n) is 2.96. The van der Waals surface area contributed by atoms with Crippen LogP contribution in [0.25, 0.3) is 0 Å². The average molecular weight is 256 g/mol. The van der Waals surface area contributed by atoms with E-state index >= 15 is 0 Å². The quantitative estimate of drug-likeness (QED) is 0.599. The zero-order valence-corrected chi connectivity index (χ0v) is 11.1.